The first kappa shape index (κ1) is 30.4. The molecular weight excluding hydrogens is 661 g/mol. The third-order valence-electron chi connectivity index (χ3n) is 12.6. The van der Waals surface area contributed by atoms with Crippen molar-refractivity contribution < 1.29 is 9.31 Å². The Morgan fingerprint density at radius 2 is 0.796 bits per heavy atom. The quantitative estimate of drug-likeness (QED) is 0.172. The highest BCUT2D eigenvalue weighted by molar-refractivity contribution is 6.62. The third kappa shape index (κ3) is 3.86. The van der Waals surface area contributed by atoms with Crippen LogP contribution in [0.1, 0.15) is 27.7 Å². The number of benzene rings is 7. The topological polar surface area (TPSA) is 32.7 Å². The molecule has 0 N–H and O–H groups in total. The number of nitrogens with zero attached hydrogens (tertiary/aromatic N) is 3. The second kappa shape index (κ2) is 10.3. The van der Waals surface area contributed by atoms with Crippen LogP contribution in [0.25, 0.3) is 93.1 Å². The predicted molar refractivity (Wildman–Crippen MR) is 225 cm³/mol. The van der Waals surface area contributed by atoms with Crippen LogP contribution in [0.2, 0.25) is 0 Å². The van der Waals surface area contributed by atoms with Gasteiger partial charge in [-0.05, 0) is 93.8 Å². The summed E-state index contributed by atoms with van der Waals surface area (Å²) < 4.78 is 20.5. The van der Waals surface area contributed by atoms with Crippen molar-refractivity contribution in [3.63, 3.8) is 0 Å². The van der Waals surface area contributed by atoms with Gasteiger partial charge in [0.05, 0.1) is 49.8 Å². The first-order chi connectivity index (χ1) is 26.3. The number of rotatable bonds is 3. The van der Waals surface area contributed by atoms with Gasteiger partial charge in [-0.2, -0.15) is 0 Å². The van der Waals surface area contributed by atoms with Crippen molar-refractivity contribution in [2.75, 3.05) is 0 Å². The maximum atomic E-state index is 6.56. The number of hydrogen-bond donors (Lipinski definition) is 0. The first-order valence-electron chi connectivity index (χ1n) is 18.9. The van der Waals surface area contributed by atoms with E-state index in [0.29, 0.717) is 0 Å². The van der Waals surface area contributed by atoms with Crippen LogP contribution in [0.4, 0.5) is 0 Å². The summed E-state index contributed by atoms with van der Waals surface area (Å²) in [5.41, 5.74) is 10.9. The first-order valence-corrected chi connectivity index (χ1v) is 18.9. The minimum Gasteiger partial charge on any atom is -0.399 e. The van der Waals surface area contributed by atoms with Gasteiger partial charge in [-0.3, -0.25) is 0 Å². The monoisotopic (exact) mass is 697 g/mol. The molecule has 54 heavy (non-hydrogen) atoms. The van der Waals surface area contributed by atoms with Gasteiger partial charge in [0.25, 0.3) is 0 Å². The van der Waals surface area contributed by atoms with E-state index in [-0.39, 0.29) is 0 Å². The van der Waals surface area contributed by atoms with Gasteiger partial charge in [0.1, 0.15) is 0 Å². The number of aromatic nitrogens is 3. The zero-order valence-electron chi connectivity index (χ0n) is 30.6. The fraction of sp³-hybridized carbons (Fsp3) is 0.125. The highest BCUT2D eigenvalue weighted by Gasteiger charge is 2.51. The molecule has 258 valence electrons. The SMILES string of the molecule is CC1(C)OB(c2ccc3c(c2)c2cc(-n4c5ccccc5c5ccccc54)cc4c5cc(-n6c7ccccc7c7ccccc76)ccc5n3c24)OC1(C)C. The van der Waals surface area contributed by atoms with Crippen LogP contribution in [0.15, 0.2) is 146 Å². The lowest BCUT2D eigenvalue weighted by Crippen LogP contribution is -2.41. The Morgan fingerprint density at radius 3 is 1.30 bits per heavy atom. The Balaban J connectivity index is 1.19. The van der Waals surface area contributed by atoms with E-state index in [1.165, 1.54) is 81.7 Å². The molecule has 1 fully saturated rings. The predicted octanol–water partition coefficient (Wildman–Crippen LogP) is 11.3. The minimum atomic E-state index is -0.443. The highest BCUT2D eigenvalue weighted by atomic mass is 16.7. The summed E-state index contributed by atoms with van der Waals surface area (Å²) >= 11 is 0. The van der Waals surface area contributed by atoms with Crippen LogP contribution in [0.3, 0.4) is 0 Å². The van der Waals surface area contributed by atoms with E-state index in [1.54, 1.807) is 0 Å². The van der Waals surface area contributed by atoms with Crippen molar-refractivity contribution in [3.05, 3.63) is 146 Å². The lowest BCUT2D eigenvalue weighted by Gasteiger charge is -2.32. The van der Waals surface area contributed by atoms with Gasteiger partial charge in [0.15, 0.2) is 0 Å². The van der Waals surface area contributed by atoms with E-state index >= 15 is 0 Å². The van der Waals surface area contributed by atoms with Gasteiger partial charge < -0.3 is 22.8 Å². The number of fused-ring (bicyclic) bond motifs is 12. The number of para-hydroxylation sites is 4. The Bertz CT molecular complexity index is 3240. The summed E-state index contributed by atoms with van der Waals surface area (Å²) in [4.78, 5) is 0. The third-order valence-corrected chi connectivity index (χ3v) is 12.6. The zero-order chi connectivity index (χ0) is 36.1. The molecule has 4 aromatic heterocycles. The van der Waals surface area contributed by atoms with E-state index in [9.17, 15) is 0 Å². The molecular formula is C48H36BN3O2. The molecule has 0 saturated carbocycles. The van der Waals surface area contributed by atoms with E-state index in [0.717, 1.165) is 16.8 Å². The van der Waals surface area contributed by atoms with E-state index in [4.69, 9.17) is 9.31 Å². The van der Waals surface area contributed by atoms with Crippen molar-refractivity contribution in [3.8, 4) is 11.4 Å². The van der Waals surface area contributed by atoms with Gasteiger partial charge in [0, 0.05) is 54.5 Å². The van der Waals surface area contributed by atoms with Gasteiger partial charge in [-0.1, -0.05) is 84.9 Å². The van der Waals surface area contributed by atoms with E-state index < -0.39 is 18.3 Å². The Kier molecular flexibility index (Phi) is 5.81. The summed E-state index contributed by atoms with van der Waals surface area (Å²) in [7, 11) is -0.443. The molecule has 0 amide bonds. The van der Waals surface area contributed by atoms with Crippen molar-refractivity contribution in [2.45, 2.75) is 38.9 Å². The Hall–Kier alpha value is -6.08. The maximum Gasteiger partial charge on any atom is 0.494 e. The van der Waals surface area contributed by atoms with Crippen molar-refractivity contribution in [1.29, 1.82) is 0 Å². The van der Waals surface area contributed by atoms with Gasteiger partial charge in [-0.15, -0.1) is 0 Å². The molecule has 1 aliphatic heterocycles. The second-order valence-corrected chi connectivity index (χ2v) is 16.0. The summed E-state index contributed by atoms with van der Waals surface area (Å²) in [5.74, 6) is 0. The van der Waals surface area contributed by atoms with Crippen LogP contribution in [-0.4, -0.2) is 31.9 Å². The standard InChI is InChI=1S/C48H36BN3O2/c1-47(2)48(3,4)54-49(53-47)29-21-23-44-36(25-29)38-27-31(51-42-19-11-7-15-34(42)35-16-8-12-20-43(35)51)28-39-37-26-30(22-24-45(37)52(44)46(38)39)50-40-17-9-5-13-32(40)33-14-6-10-18-41(33)50/h5-28H,1-4H3. The molecule has 7 aromatic carbocycles. The Morgan fingerprint density at radius 1 is 0.389 bits per heavy atom. The average Bonchev–Trinajstić information content (AvgIpc) is 3.95. The molecule has 0 aliphatic carbocycles. The van der Waals surface area contributed by atoms with Gasteiger partial charge in [0.2, 0.25) is 0 Å². The van der Waals surface area contributed by atoms with Crippen LogP contribution in [0.5, 0.6) is 0 Å². The highest BCUT2D eigenvalue weighted by Crippen LogP contribution is 2.44. The second-order valence-electron chi connectivity index (χ2n) is 16.0. The summed E-state index contributed by atoms with van der Waals surface area (Å²) in [6, 6.07) is 53.6. The van der Waals surface area contributed by atoms with Crippen LogP contribution in [0, 0.1) is 0 Å². The maximum absolute atomic E-state index is 6.56. The fourth-order valence-corrected chi connectivity index (χ4v) is 9.34. The summed E-state index contributed by atoms with van der Waals surface area (Å²) in [5, 5.41) is 9.90. The van der Waals surface area contributed by atoms with Gasteiger partial charge in [-0.25, -0.2) is 0 Å². The summed E-state index contributed by atoms with van der Waals surface area (Å²) in [6.45, 7) is 8.46. The smallest absolute Gasteiger partial charge is 0.399 e. The number of hydrogen-bond acceptors (Lipinski definition) is 2. The Labute approximate surface area is 312 Å². The minimum absolute atomic E-state index is 0.421. The summed E-state index contributed by atoms with van der Waals surface area (Å²) in [6.07, 6.45) is 0. The average molecular weight is 698 g/mol. The van der Waals surface area contributed by atoms with Crippen LogP contribution < -0.4 is 5.46 Å². The van der Waals surface area contributed by atoms with Crippen molar-refractivity contribution in [2.24, 2.45) is 0 Å². The molecule has 12 rings (SSSR count). The lowest BCUT2D eigenvalue weighted by atomic mass is 9.78. The fourth-order valence-electron chi connectivity index (χ4n) is 9.34. The normalized spacial score (nSPS) is 15.9. The molecule has 0 unspecified atom stereocenters. The van der Waals surface area contributed by atoms with Gasteiger partial charge >= 0.3 is 7.12 Å². The van der Waals surface area contributed by atoms with Crippen LogP contribution >= 0.6 is 0 Å². The van der Waals surface area contributed by atoms with E-state index in [2.05, 4.69) is 187 Å². The largest absolute Gasteiger partial charge is 0.494 e. The molecule has 1 saturated heterocycles. The molecule has 5 nitrogen and oxygen atoms in total. The molecule has 11 aromatic rings. The zero-order valence-corrected chi connectivity index (χ0v) is 30.6. The molecule has 5 heterocycles. The molecule has 1 aliphatic rings. The van der Waals surface area contributed by atoms with Crippen molar-refractivity contribution >= 4 is 94.3 Å². The van der Waals surface area contributed by atoms with E-state index in [1.807, 2.05) is 0 Å². The molecule has 0 bridgehead atoms. The van der Waals surface area contributed by atoms with Crippen LogP contribution in [-0.2, 0) is 9.31 Å². The molecule has 0 radical (unpaired) electrons. The molecule has 0 spiro atoms. The lowest BCUT2D eigenvalue weighted by molar-refractivity contribution is 0.00578. The molecule has 0 atom stereocenters. The molecule has 6 heteroatoms. The van der Waals surface area contributed by atoms with Crippen molar-refractivity contribution in [1.82, 2.24) is 13.5 Å².